The van der Waals surface area contributed by atoms with Crippen molar-refractivity contribution in [2.24, 2.45) is 0 Å². The van der Waals surface area contributed by atoms with Crippen LogP contribution in [0, 0.1) is 0 Å². The van der Waals surface area contributed by atoms with E-state index in [2.05, 4.69) is 16.9 Å². The first-order valence-electron chi connectivity index (χ1n) is 6.89. The zero-order valence-electron chi connectivity index (χ0n) is 10.7. The van der Waals surface area contributed by atoms with E-state index in [1.165, 1.54) is 51.4 Å². The van der Waals surface area contributed by atoms with Gasteiger partial charge in [0.15, 0.2) is 5.11 Å². The van der Waals surface area contributed by atoms with Gasteiger partial charge in [-0.15, -0.1) is 0 Å². The Morgan fingerprint density at radius 3 is 2.35 bits per heavy atom. The van der Waals surface area contributed by atoms with Crippen LogP contribution in [0.1, 0.15) is 51.4 Å². The molecule has 2 aliphatic rings. The largest absolute Gasteiger partial charge is 0.360 e. The van der Waals surface area contributed by atoms with Gasteiger partial charge in [0.05, 0.1) is 0 Å². The molecule has 2 rings (SSSR count). The fourth-order valence-electron chi connectivity index (χ4n) is 3.01. The molecule has 0 aliphatic heterocycles. The van der Waals surface area contributed by atoms with Crippen molar-refractivity contribution in [2.75, 3.05) is 6.26 Å². The predicted molar refractivity (Wildman–Crippen MR) is 80.7 cm³/mol. The van der Waals surface area contributed by atoms with E-state index in [0.29, 0.717) is 12.1 Å². The molecule has 17 heavy (non-hydrogen) atoms. The van der Waals surface area contributed by atoms with Gasteiger partial charge < -0.3 is 10.6 Å². The highest BCUT2D eigenvalue weighted by atomic mass is 32.2. The molecular formula is C13H24N2S2. The maximum atomic E-state index is 5.44. The summed E-state index contributed by atoms with van der Waals surface area (Å²) in [7, 11) is 0. The van der Waals surface area contributed by atoms with E-state index in [4.69, 9.17) is 12.2 Å². The van der Waals surface area contributed by atoms with Gasteiger partial charge in [0.1, 0.15) is 0 Å². The average molecular weight is 272 g/mol. The minimum Gasteiger partial charge on any atom is -0.360 e. The van der Waals surface area contributed by atoms with Crippen LogP contribution in [0.2, 0.25) is 0 Å². The molecule has 0 saturated heterocycles. The average Bonchev–Trinajstić information content (AvgIpc) is 2.82. The standard InChI is InChI=1S/C13H24N2S2/c1-17-12-9-5-4-8-11(12)15-13(16)14-10-6-2-3-7-10/h10-12H,2-9H2,1H3,(H2,14,15,16). The molecule has 2 saturated carbocycles. The summed E-state index contributed by atoms with van der Waals surface area (Å²) in [5.41, 5.74) is 0. The zero-order chi connectivity index (χ0) is 12.1. The minimum absolute atomic E-state index is 0.583. The summed E-state index contributed by atoms with van der Waals surface area (Å²) in [5, 5.41) is 8.66. The Morgan fingerprint density at radius 2 is 1.65 bits per heavy atom. The Hall–Kier alpha value is 0.0400. The molecule has 4 heteroatoms. The van der Waals surface area contributed by atoms with Crippen molar-refractivity contribution in [3.8, 4) is 0 Å². The highest BCUT2D eigenvalue weighted by Gasteiger charge is 2.25. The van der Waals surface area contributed by atoms with Gasteiger partial charge in [0, 0.05) is 17.3 Å². The molecule has 2 aliphatic carbocycles. The fourth-order valence-corrected chi connectivity index (χ4v) is 4.26. The van der Waals surface area contributed by atoms with Crippen LogP contribution in [0.3, 0.4) is 0 Å². The summed E-state index contributed by atoms with van der Waals surface area (Å²) in [6, 6.07) is 1.21. The van der Waals surface area contributed by atoms with Crippen molar-refractivity contribution in [3.05, 3.63) is 0 Å². The van der Waals surface area contributed by atoms with Crippen LogP contribution in [-0.4, -0.2) is 28.7 Å². The van der Waals surface area contributed by atoms with E-state index in [0.717, 1.165) is 10.4 Å². The number of rotatable bonds is 3. The second-order valence-corrected chi connectivity index (χ2v) is 6.75. The van der Waals surface area contributed by atoms with Crippen LogP contribution >= 0.6 is 24.0 Å². The molecule has 2 unspecified atom stereocenters. The molecule has 0 aromatic heterocycles. The van der Waals surface area contributed by atoms with Gasteiger partial charge in [-0.05, 0) is 44.2 Å². The fraction of sp³-hybridized carbons (Fsp3) is 0.923. The Kier molecular flexibility index (Phi) is 5.42. The number of nitrogens with one attached hydrogen (secondary N) is 2. The zero-order valence-corrected chi connectivity index (χ0v) is 12.3. The van der Waals surface area contributed by atoms with E-state index < -0.39 is 0 Å². The SMILES string of the molecule is CSC1CCCCC1NC(=S)NC1CCCC1. The van der Waals surface area contributed by atoms with Gasteiger partial charge in [0.2, 0.25) is 0 Å². The van der Waals surface area contributed by atoms with E-state index in [1.54, 1.807) is 0 Å². The molecule has 2 atom stereocenters. The lowest BCUT2D eigenvalue weighted by atomic mass is 9.95. The number of hydrogen-bond acceptors (Lipinski definition) is 2. The lowest BCUT2D eigenvalue weighted by Gasteiger charge is -2.32. The Balaban J connectivity index is 1.75. The molecule has 0 amide bonds. The molecule has 0 aromatic carbocycles. The molecule has 0 heterocycles. The summed E-state index contributed by atoms with van der Waals surface area (Å²) in [5.74, 6) is 0. The Bertz CT molecular complexity index is 252. The summed E-state index contributed by atoms with van der Waals surface area (Å²) in [6.45, 7) is 0. The van der Waals surface area contributed by atoms with Crippen molar-refractivity contribution >= 4 is 29.1 Å². The monoisotopic (exact) mass is 272 g/mol. The third-order valence-corrected chi connectivity index (χ3v) is 5.42. The van der Waals surface area contributed by atoms with Crippen LogP contribution in [0.5, 0.6) is 0 Å². The van der Waals surface area contributed by atoms with Crippen molar-refractivity contribution < 1.29 is 0 Å². The van der Waals surface area contributed by atoms with E-state index in [1.807, 2.05) is 11.8 Å². The smallest absolute Gasteiger partial charge is 0.166 e. The van der Waals surface area contributed by atoms with Gasteiger partial charge in [-0.2, -0.15) is 11.8 Å². The molecule has 0 radical (unpaired) electrons. The molecule has 2 nitrogen and oxygen atoms in total. The number of hydrogen-bond donors (Lipinski definition) is 2. The van der Waals surface area contributed by atoms with Crippen LogP contribution < -0.4 is 10.6 Å². The Morgan fingerprint density at radius 1 is 1.00 bits per heavy atom. The summed E-state index contributed by atoms with van der Waals surface area (Å²) < 4.78 is 0. The normalized spacial score (nSPS) is 30.2. The maximum absolute atomic E-state index is 5.44. The predicted octanol–water partition coefficient (Wildman–Crippen LogP) is 3.07. The van der Waals surface area contributed by atoms with Gasteiger partial charge in [-0.25, -0.2) is 0 Å². The van der Waals surface area contributed by atoms with E-state index in [-0.39, 0.29) is 0 Å². The maximum Gasteiger partial charge on any atom is 0.166 e. The molecule has 0 spiro atoms. The minimum atomic E-state index is 0.583. The first-order valence-corrected chi connectivity index (χ1v) is 8.59. The third-order valence-electron chi connectivity index (χ3n) is 4.01. The second kappa shape index (κ2) is 6.83. The summed E-state index contributed by atoms with van der Waals surface area (Å²) in [4.78, 5) is 0. The summed E-state index contributed by atoms with van der Waals surface area (Å²) in [6.07, 6.45) is 12.9. The Labute approximate surface area is 115 Å². The van der Waals surface area contributed by atoms with E-state index in [9.17, 15) is 0 Å². The van der Waals surface area contributed by atoms with Crippen LogP contribution in [0.15, 0.2) is 0 Å². The van der Waals surface area contributed by atoms with Gasteiger partial charge in [-0.3, -0.25) is 0 Å². The highest BCUT2D eigenvalue weighted by Crippen LogP contribution is 2.27. The van der Waals surface area contributed by atoms with Gasteiger partial charge >= 0.3 is 0 Å². The van der Waals surface area contributed by atoms with Crippen molar-refractivity contribution in [2.45, 2.75) is 68.7 Å². The lowest BCUT2D eigenvalue weighted by molar-refractivity contribution is 0.422. The van der Waals surface area contributed by atoms with Gasteiger partial charge in [-0.1, -0.05) is 25.7 Å². The third kappa shape index (κ3) is 4.02. The molecule has 0 bridgehead atoms. The number of thioether (sulfide) groups is 1. The first-order chi connectivity index (χ1) is 8.29. The molecule has 2 N–H and O–H groups in total. The van der Waals surface area contributed by atoms with Crippen LogP contribution in [-0.2, 0) is 0 Å². The molecule has 0 aromatic rings. The van der Waals surface area contributed by atoms with Crippen molar-refractivity contribution in [1.29, 1.82) is 0 Å². The van der Waals surface area contributed by atoms with Crippen LogP contribution in [0.25, 0.3) is 0 Å². The lowest BCUT2D eigenvalue weighted by Crippen LogP contribution is -2.49. The van der Waals surface area contributed by atoms with Gasteiger partial charge in [0.25, 0.3) is 0 Å². The molecule has 98 valence electrons. The second-order valence-electron chi connectivity index (χ2n) is 5.26. The van der Waals surface area contributed by atoms with Crippen molar-refractivity contribution in [3.63, 3.8) is 0 Å². The topological polar surface area (TPSA) is 24.1 Å². The molecule has 2 fully saturated rings. The highest BCUT2D eigenvalue weighted by molar-refractivity contribution is 7.99. The quantitative estimate of drug-likeness (QED) is 0.771. The number of thiocarbonyl (C=S) groups is 1. The van der Waals surface area contributed by atoms with Crippen LogP contribution in [0.4, 0.5) is 0 Å². The summed E-state index contributed by atoms with van der Waals surface area (Å²) >= 11 is 7.43. The first kappa shape index (κ1) is 13.5. The van der Waals surface area contributed by atoms with Crippen molar-refractivity contribution in [1.82, 2.24) is 10.6 Å². The van der Waals surface area contributed by atoms with E-state index >= 15 is 0 Å². The molecular weight excluding hydrogens is 248 g/mol.